The van der Waals surface area contributed by atoms with E-state index in [0.717, 1.165) is 0 Å². The maximum atomic E-state index is 14.3. The van der Waals surface area contributed by atoms with Gasteiger partial charge >= 0.3 is 0 Å². The van der Waals surface area contributed by atoms with E-state index in [1.165, 1.54) is 23.5 Å². The summed E-state index contributed by atoms with van der Waals surface area (Å²) in [5.74, 6) is -0.927. The van der Waals surface area contributed by atoms with E-state index in [2.05, 4.69) is 25.5 Å². The van der Waals surface area contributed by atoms with E-state index in [0.29, 0.717) is 54.9 Å². The summed E-state index contributed by atoms with van der Waals surface area (Å²) >= 11 is 7.23. The van der Waals surface area contributed by atoms with Gasteiger partial charge in [0.15, 0.2) is 10.9 Å². The molecule has 1 fully saturated rings. The van der Waals surface area contributed by atoms with Crippen molar-refractivity contribution in [2.75, 3.05) is 44.6 Å². The number of piperazine rings is 1. The second-order valence-corrected chi connectivity index (χ2v) is 9.15. The van der Waals surface area contributed by atoms with Crippen molar-refractivity contribution in [2.45, 2.75) is 6.54 Å². The number of nitrogens with zero attached hydrogens (tertiary/aromatic N) is 4. The summed E-state index contributed by atoms with van der Waals surface area (Å²) in [5.41, 5.74) is 1.04. The predicted octanol–water partition coefficient (Wildman–Crippen LogP) is 2.75. The number of nitrogens with one attached hydrogen (secondary N) is 2. The number of aromatic nitrogens is 2. The highest BCUT2D eigenvalue weighted by Crippen LogP contribution is 2.22. The van der Waals surface area contributed by atoms with Crippen molar-refractivity contribution in [3.05, 3.63) is 69.6 Å². The molecule has 1 aromatic carbocycles. The number of anilines is 2. The monoisotopic (exact) mass is 518 g/mol. The maximum Gasteiger partial charge on any atom is 0.256 e. The molecular weight excluding hydrogens is 495 g/mol. The number of aliphatic hydroxyl groups is 1. The highest BCUT2D eigenvalue weighted by Gasteiger charge is 2.25. The van der Waals surface area contributed by atoms with Crippen LogP contribution in [-0.2, 0) is 6.54 Å². The second-order valence-electron chi connectivity index (χ2n) is 7.84. The van der Waals surface area contributed by atoms with Crippen LogP contribution in [0.3, 0.4) is 0 Å². The van der Waals surface area contributed by atoms with Crippen LogP contribution in [0.1, 0.15) is 26.4 Å². The molecule has 1 saturated heterocycles. The first kappa shape index (κ1) is 25.0. The molecule has 2 amide bonds. The summed E-state index contributed by atoms with van der Waals surface area (Å²) in [6.45, 7) is 2.42. The third-order valence-corrected chi connectivity index (χ3v) is 6.41. The fourth-order valence-electron chi connectivity index (χ4n) is 3.71. The average Bonchev–Trinajstić information content (AvgIpc) is 3.37. The zero-order valence-electron chi connectivity index (χ0n) is 18.7. The Morgan fingerprint density at radius 3 is 2.71 bits per heavy atom. The van der Waals surface area contributed by atoms with E-state index in [-0.39, 0.29) is 35.6 Å². The number of halogens is 2. The van der Waals surface area contributed by atoms with E-state index in [4.69, 9.17) is 16.7 Å². The van der Waals surface area contributed by atoms with Gasteiger partial charge < -0.3 is 20.6 Å². The molecule has 0 bridgehead atoms. The van der Waals surface area contributed by atoms with Gasteiger partial charge in [-0.15, -0.1) is 11.3 Å². The molecule has 3 N–H and O–H groups in total. The molecule has 3 heterocycles. The molecule has 3 aromatic rings. The van der Waals surface area contributed by atoms with Gasteiger partial charge in [0.2, 0.25) is 0 Å². The van der Waals surface area contributed by atoms with Crippen molar-refractivity contribution in [1.82, 2.24) is 25.1 Å². The van der Waals surface area contributed by atoms with Crippen molar-refractivity contribution < 1.29 is 19.1 Å². The molecule has 12 heteroatoms. The Hall–Kier alpha value is -3.12. The number of carbonyl (C=O) groups is 2. The number of pyridine rings is 1. The molecular formula is C23H24ClFN6O3S. The minimum absolute atomic E-state index is 0.0351. The van der Waals surface area contributed by atoms with Gasteiger partial charge in [-0.25, -0.2) is 14.4 Å². The summed E-state index contributed by atoms with van der Waals surface area (Å²) in [4.78, 5) is 37.8. The van der Waals surface area contributed by atoms with E-state index < -0.39 is 5.82 Å². The van der Waals surface area contributed by atoms with Gasteiger partial charge in [0.25, 0.3) is 11.8 Å². The Bertz CT molecular complexity index is 1190. The Balaban J connectivity index is 1.44. The molecule has 184 valence electrons. The molecule has 0 unspecified atom stereocenters. The van der Waals surface area contributed by atoms with Crippen LogP contribution in [0.5, 0.6) is 0 Å². The molecule has 2 aromatic heterocycles. The van der Waals surface area contributed by atoms with Crippen molar-refractivity contribution in [1.29, 1.82) is 0 Å². The Kier molecular flexibility index (Phi) is 8.24. The summed E-state index contributed by atoms with van der Waals surface area (Å²) in [7, 11) is 0. The lowest BCUT2D eigenvalue weighted by Gasteiger charge is -2.34. The van der Waals surface area contributed by atoms with Crippen molar-refractivity contribution in [2.24, 2.45) is 0 Å². The normalized spacial score (nSPS) is 14.1. The van der Waals surface area contributed by atoms with Gasteiger partial charge in [-0.3, -0.25) is 14.5 Å². The number of hydrogen-bond donors (Lipinski definition) is 3. The number of amides is 2. The second kappa shape index (κ2) is 11.5. The third-order valence-electron chi connectivity index (χ3n) is 5.43. The van der Waals surface area contributed by atoms with Crippen molar-refractivity contribution in [3.63, 3.8) is 0 Å². The zero-order chi connectivity index (χ0) is 24.8. The highest BCUT2D eigenvalue weighted by molar-refractivity contribution is 7.13. The molecule has 9 nitrogen and oxygen atoms in total. The quantitative estimate of drug-likeness (QED) is 0.420. The van der Waals surface area contributed by atoms with Crippen LogP contribution in [0.15, 0.2) is 41.9 Å². The maximum absolute atomic E-state index is 14.3. The van der Waals surface area contributed by atoms with Crippen LogP contribution in [0.4, 0.5) is 15.3 Å². The largest absolute Gasteiger partial charge is 0.395 e. The smallest absolute Gasteiger partial charge is 0.256 e. The lowest BCUT2D eigenvalue weighted by atomic mass is 10.1. The number of rotatable bonds is 8. The van der Waals surface area contributed by atoms with Crippen LogP contribution < -0.4 is 10.6 Å². The topological polar surface area (TPSA) is 111 Å². The van der Waals surface area contributed by atoms with Gasteiger partial charge in [0, 0.05) is 56.4 Å². The lowest BCUT2D eigenvalue weighted by Crippen LogP contribution is -2.48. The fourth-order valence-corrected chi connectivity index (χ4v) is 4.42. The van der Waals surface area contributed by atoms with Crippen molar-refractivity contribution >= 4 is 45.7 Å². The molecule has 35 heavy (non-hydrogen) atoms. The van der Waals surface area contributed by atoms with Crippen LogP contribution in [0, 0.1) is 5.82 Å². The standard InChI is InChI=1S/C23H24ClFN6O3S/c24-18-3-1-2-17(20(18)25)22(34)31-8-6-30(7-9-31)14-16-12-15(21(33)26-4-10-32)13-19(28-16)29-23-27-5-11-35-23/h1-3,5,11-13,32H,4,6-10,14H2,(H,26,33)(H,27,28,29). The van der Waals surface area contributed by atoms with Crippen LogP contribution in [-0.4, -0.2) is 76.0 Å². The van der Waals surface area contributed by atoms with Crippen molar-refractivity contribution in [3.8, 4) is 0 Å². The summed E-state index contributed by atoms with van der Waals surface area (Å²) < 4.78 is 14.3. The Morgan fingerprint density at radius 1 is 1.20 bits per heavy atom. The molecule has 1 aliphatic rings. The minimum Gasteiger partial charge on any atom is -0.395 e. The van der Waals surface area contributed by atoms with Gasteiger partial charge in [-0.2, -0.15) is 0 Å². The third kappa shape index (κ3) is 6.31. The van der Waals surface area contributed by atoms with Gasteiger partial charge in [-0.1, -0.05) is 17.7 Å². The summed E-state index contributed by atoms with van der Waals surface area (Å²) in [6, 6.07) is 7.74. The molecule has 0 radical (unpaired) electrons. The average molecular weight is 519 g/mol. The molecule has 0 aliphatic carbocycles. The van der Waals surface area contributed by atoms with Gasteiger partial charge in [0.1, 0.15) is 5.82 Å². The van der Waals surface area contributed by atoms with E-state index >= 15 is 0 Å². The minimum atomic E-state index is -0.706. The highest BCUT2D eigenvalue weighted by atomic mass is 35.5. The van der Waals surface area contributed by atoms with Crippen LogP contribution >= 0.6 is 22.9 Å². The number of hydrogen-bond acceptors (Lipinski definition) is 8. The fraction of sp³-hybridized carbons (Fsp3) is 0.304. The van der Waals surface area contributed by atoms with Crippen LogP contribution in [0.2, 0.25) is 5.02 Å². The van der Waals surface area contributed by atoms with E-state index in [9.17, 15) is 14.0 Å². The summed E-state index contributed by atoms with van der Waals surface area (Å²) in [6.07, 6.45) is 1.67. The molecule has 0 spiro atoms. The number of carbonyl (C=O) groups excluding carboxylic acids is 2. The Labute approximate surface area is 210 Å². The first-order valence-corrected chi connectivity index (χ1v) is 12.2. The predicted molar refractivity (Wildman–Crippen MR) is 132 cm³/mol. The van der Waals surface area contributed by atoms with Gasteiger partial charge in [0.05, 0.1) is 22.9 Å². The Morgan fingerprint density at radius 2 is 2.00 bits per heavy atom. The number of thiazole rings is 1. The summed E-state index contributed by atoms with van der Waals surface area (Å²) in [5, 5.41) is 17.2. The number of benzene rings is 1. The zero-order valence-corrected chi connectivity index (χ0v) is 20.3. The van der Waals surface area contributed by atoms with Gasteiger partial charge in [-0.05, 0) is 24.3 Å². The molecule has 1 aliphatic heterocycles. The molecule has 0 atom stereocenters. The first-order chi connectivity index (χ1) is 16.9. The molecule has 0 saturated carbocycles. The molecule has 4 rings (SSSR count). The lowest BCUT2D eigenvalue weighted by molar-refractivity contribution is 0.0622. The van der Waals surface area contributed by atoms with E-state index in [1.54, 1.807) is 29.3 Å². The number of aliphatic hydroxyl groups excluding tert-OH is 1. The van der Waals surface area contributed by atoms with E-state index in [1.807, 2.05) is 5.38 Å². The SMILES string of the molecule is O=C(NCCO)c1cc(CN2CCN(C(=O)c3cccc(Cl)c3F)CC2)nc(Nc2nccs2)c1. The van der Waals surface area contributed by atoms with Crippen LogP contribution in [0.25, 0.3) is 0 Å². The first-order valence-electron chi connectivity index (χ1n) is 11.0.